The highest BCUT2D eigenvalue weighted by atomic mass is 79.9. The number of carbonyl (C=O) groups excluding carboxylic acids is 1. The van der Waals surface area contributed by atoms with E-state index in [1.165, 1.54) is 19.3 Å². The van der Waals surface area contributed by atoms with Gasteiger partial charge in [0.2, 0.25) is 0 Å². The van der Waals surface area contributed by atoms with Crippen molar-refractivity contribution in [2.75, 3.05) is 20.8 Å². The smallest absolute Gasteiger partial charge is 0.183 e. The van der Waals surface area contributed by atoms with Crippen LogP contribution in [0.25, 0.3) is 0 Å². The molecule has 118 valence electrons. The lowest BCUT2D eigenvalue weighted by Gasteiger charge is -2.36. The van der Waals surface area contributed by atoms with Gasteiger partial charge in [0.05, 0.1) is 23.8 Å². The molecule has 0 bridgehead atoms. The number of ketones is 1. The number of methoxy groups -OCH3 is 1. The molecule has 0 spiro atoms. The second kappa shape index (κ2) is 7.51. The first-order valence-electron chi connectivity index (χ1n) is 7.54. The van der Waals surface area contributed by atoms with Crippen molar-refractivity contribution in [3.63, 3.8) is 0 Å². The molecule has 0 aliphatic heterocycles. The van der Waals surface area contributed by atoms with Gasteiger partial charge in [-0.25, -0.2) is 0 Å². The second-order valence-electron chi connectivity index (χ2n) is 5.75. The van der Waals surface area contributed by atoms with E-state index in [0.717, 1.165) is 17.3 Å². The zero-order valence-electron chi connectivity index (χ0n) is 12.8. The van der Waals surface area contributed by atoms with E-state index in [9.17, 15) is 4.79 Å². The van der Waals surface area contributed by atoms with E-state index in [1.54, 1.807) is 18.0 Å². The number of hydrogen-bond acceptors (Lipinski definition) is 4. The van der Waals surface area contributed by atoms with Crippen molar-refractivity contribution in [1.29, 1.82) is 0 Å². The number of ether oxygens (including phenoxy) is 1. The van der Waals surface area contributed by atoms with Gasteiger partial charge in [0.15, 0.2) is 5.78 Å². The normalized spacial score (nSPS) is 17.9. The van der Waals surface area contributed by atoms with Gasteiger partial charge in [-0.15, -0.1) is 0 Å². The summed E-state index contributed by atoms with van der Waals surface area (Å²) in [6.07, 6.45) is 8.01. The summed E-state index contributed by atoms with van der Waals surface area (Å²) < 4.78 is 7.59. The lowest BCUT2D eigenvalue weighted by atomic mass is 9.78. The summed E-state index contributed by atoms with van der Waals surface area (Å²) in [6, 6.07) is 0. The topological polar surface area (TPSA) is 56.2 Å². The average molecular weight is 358 g/mol. The number of aromatic nitrogens is 2. The first kappa shape index (κ1) is 16.6. The molecule has 1 heterocycles. The fourth-order valence-corrected chi connectivity index (χ4v) is 3.64. The van der Waals surface area contributed by atoms with Crippen LogP contribution in [-0.2, 0) is 11.3 Å². The summed E-state index contributed by atoms with van der Waals surface area (Å²) in [7, 11) is 3.62. The van der Waals surface area contributed by atoms with Gasteiger partial charge in [0.1, 0.15) is 5.69 Å². The average Bonchev–Trinajstić information content (AvgIpc) is 2.87. The van der Waals surface area contributed by atoms with Crippen LogP contribution in [0.15, 0.2) is 10.7 Å². The number of carbonyl (C=O) groups is 1. The van der Waals surface area contributed by atoms with Crippen molar-refractivity contribution < 1.29 is 9.53 Å². The predicted molar refractivity (Wildman–Crippen MR) is 85.6 cm³/mol. The Kier molecular flexibility index (Phi) is 5.96. The SMILES string of the molecule is CNC1(CC(=O)c2c(Br)cnn2CCOC)CCCCC1. The molecule has 0 atom stereocenters. The number of halogens is 1. The Hall–Kier alpha value is -0.720. The van der Waals surface area contributed by atoms with Crippen molar-refractivity contribution in [1.82, 2.24) is 15.1 Å². The molecule has 1 aromatic heterocycles. The lowest BCUT2D eigenvalue weighted by Crippen LogP contribution is -2.46. The van der Waals surface area contributed by atoms with E-state index in [-0.39, 0.29) is 11.3 Å². The molecule has 0 saturated heterocycles. The van der Waals surface area contributed by atoms with E-state index in [0.29, 0.717) is 25.3 Å². The minimum absolute atomic E-state index is 0.0505. The van der Waals surface area contributed by atoms with E-state index < -0.39 is 0 Å². The Morgan fingerprint density at radius 1 is 1.48 bits per heavy atom. The van der Waals surface area contributed by atoms with Gasteiger partial charge in [0, 0.05) is 19.1 Å². The molecule has 6 heteroatoms. The molecule has 0 unspecified atom stereocenters. The molecule has 1 aliphatic rings. The second-order valence-corrected chi connectivity index (χ2v) is 6.60. The molecule has 1 aromatic rings. The van der Waals surface area contributed by atoms with E-state index in [1.807, 2.05) is 7.05 Å². The predicted octanol–water partition coefficient (Wildman–Crippen LogP) is 2.79. The molecule has 5 nitrogen and oxygen atoms in total. The Balaban J connectivity index is 2.13. The molecule has 0 radical (unpaired) electrons. The Morgan fingerprint density at radius 2 is 2.19 bits per heavy atom. The maximum Gasteiger partial charge on any atom is 0.183 e. The zero-order chi connectivity index (χ0) is 15.3. The number of nitrogens with one attached hydrogen (secondary N) is 1. The number of rotatable bonds is 7. The largest absolute Gasteiger partial charge is 0.383 e. The first-order valence-corrected chi connectivity index (χ1v) is 8.33. The van der Waals surface area contributed by atoms with Gasteiger partial charge < -0.3 is 10.1 Å². The van der Waals surface area contributed by atoms with Crippen LogP contribution in [0.1, 0.15) is 49.0 Å². The highest BCUT2D eigenvalue weighted by molar-refractivity contribution is 9.10. The maximum absolute atomic E-state index is 12.8. The molecular formula is C15H24BrN3O2. The molecule has 1 aliphatic carbocycles. The van der Waals surface area contributed by atoms with Crippen LogP contribution < -0.4 is 5.32 Å². The Labute approximate surface area is 134 Å². The van der Waals surface area contributed by atoms with Crippen LogP contribution in [-0.4, -0.2) is 41.9 Å². The lowest BCUT2D eigenvalue weighted by molar-refractivity contribution is 0.0900. The van der Waals surface area contributed by atoms with Crippen molar-refractivity contribution in [2.45, 2.75) is 50.6 Å². The molecule has 2 rings (SSSR count). The quantitative estimate of drug-likeness (QED) is 0.762. The molecule has 1 fully saturated rings. The molecule has 1 N–H and O–H groups in total. The standard InChI is InChI=1S/C15H24BrN3O2/c1-17-15(6-4-3-5-7-15)10-13(20)14-12(16)11-18-19(14)8-9-21-2/h11,17H,3-10H2,1-2H3. The third-order valence-corrected chi connectivity index (χ3v) is 4.99. The van der Waals surface area contributed by atoms with Crippen LogP contribution in [0.5, 0.6) is 0 Å². The number of hydrogen-bond donors (Lipinski definition) is 1. The van der Waals surface area contributed by atoms with E-state index in [2.05, 4.69) is 26.3 Å². The van der Waals surface area contributed by atoms with E-state index in [4.69, 9.17) is 4.74 Å². The summed E-state index contributed by atoms with van der Waals surface area (Å²) in [6.45, 7) is 1.14. The summed E-state index contributed by atoms with van der Waals surface area (Å²) in [4.78, 5) is 12.8. The maximum atomic E-state index is 12.8. The minimum atomic E-state index is -0.0505. The third kappa shape index (κ3) is 3.93. The van der Waals surface area contributed by atoms with Gasteiger partial charge in [-0.3, -0.25) is 9.48 Å². The van der Waals surface area contributed by atoms with Gasteiger partial charge in [0.25, 0.3) is 0 Å². The summed E-state index contributed by atoms with van der Waals surface area (Å²) in [5.41, 5.74) is 0.609. The van der Waals surface area contributed by atoms with Crippen LogP contribution in [0.3, 0.4) is 0 Å². The summed E-state index contributed by atoms with van der Waals surface area (Å²) in [5, 5.41) is 7.67. The van der Waals surface area contributed by atoms with E-state index >= 15 is 0 Å². The zero-order valence-corrected chi connectivity index (χ0v) is 14.4. The van der Waals surface area contributed by atoms with Crippen LogP contribution in [0.2, 0.25) is 0 Å². The summed E-state index contributed by atoms with van der Waals surface area (Å²) in [5.74, 6) is 0.145. The first-order chi connectivity index (χ1) is 10.1. The van der Waals surface area contributed by atoms with Gasteiger partial charge >= 0.3 is 0 Å². The van der Waals surface area contributed by atoms with Crippen molar-refractivity contribution in [3.05, 3.63) is 16.4 Å². The Morgan fingerprint density at radius 3 is 2.81 bits per heavy atom. The highest BCUT2D eigenvalue weighted by Crippen LogP contribution is 2.32. The van der Waals surface area contributed by atoms with Crippen LogP contribution >= 0.6 is 15.9 Å². The van der Waals surface area contributed by atoms with Crippen molar-refractivity contribution in [3.8, 4) is 0 Å². The van der Waals surface area contributed by atoms with Crippen LogP contribution in [0.4, 0.5) is 0 Å². The monoisotopic (exact) mass is 357 g/mol. The number of nitrogens with zero attached hydrogens (tertiary/aromatic N) is 2. The fraction of sp³-hybridized carbons (Fsp3) is 0.733. The Bertz CT molecular complexity index is 481. The molecule has 0 amide bonds. The van der Waals surface area contributed by atoms with Crippen LogP contribution in [0, 0.1) is 0 Å². The summed E-state index contributed by atoms with van der Waals surface area (Å²) >= 11 is 3.45. The van der Waals surface area contributed by atoms with Crippen molar-refractivity contribution in [2.24, 2.45) is 0 Å². The highest BCUT2D eigenvalue weighted by Gasteiger charge is 2.34. The minimum Gasteiger partial charge on any atom is -0.383 e. The molecule has 0 aromatic carbocycles. The molecular weight excluding hydrogens is 334 g/mol. The van der Waals surface area contributed by atoms with Crippen molar-refractivity contribution >= 4 is 21.7 Å². The fourth-order valence-electron chi connectivity index (χ4n) is 3.12. The van der Waals surface area contributed by atoms with Gasteiger partial charge in [-0.1, -0.05) is 19.3 Å². The number of Topliss-reactive ketones (excluding diaryl/α,β-unsaturated/α-hetero) is 1. The van der Waals surface area contributed by atoms with Gasteiger partial charge in [-0.2, -0.15) is 5.10 Å². The third-order valence-electron chi connectivity index (χ3n) is 4.41. The van der Waals surface area contributed by atoms with Gasteiger partial charge in [-0.05, 0) is 35.8 Å². The molecule has 21 heavy (non-hydrogen) atoms. The molecule has 1 saturated carbocycles.